The van der Waals surface area contributed by atoms with Gasteiger partial charge >= 0.3 is 6.18 Å². The van der Waals surface area contributed by atoms with Crippen LogP contribution in [0.15, 0.2) is 42.9 Å². The van der Waals surface area contributed by atoms with Gasteiger partial charge in [0.05, 0.1) is 29.7 Å². The molecule has 0 N–H and O–H groups in total. The predicted octanol–water partition coefficient (Wildman–Crippen LogP) is 4.58. The maximum Gasteiger partial charge on any atom is 0.416 e. The molecule has 1 unspecified atom stereocenters. The molecule has 0 aliphatic carbocycles. The van der Waals surface area contributed by atoms with Gasteiger partial charge in [0.15, 0.2) is 0 Å². The van der Waals surface area contributed by atoms with Crippen LogP contribution in [0, 0.1) is 12.7 Å². The summed E-state index contributed by atoms with van der Waals surface area (Å²) in [7, 11) is 0. The van der Waals surface area contributed by atoms with E-state index in [1.165, 1.54) is 28.9 Å². The molecule has 6 nitrogen and oxygen atoms in total. The first-order valence-electron chi connectivity index (χ1n) is 10.4. The number of amides is 1. The van der Waals surface area contributed by atoms with Gasteiger partial charge < -0.3 is 9.47 Å². The number of pyridine rings is 1. The van der Waals surface area contributed by atoms with E-state index in [-0.39, 0.29) is 29.6 Å². The summed E-state index contributed by atoms with van der Waals surface area (Å²) in [4.78, 5) is 23.4. The van der Waals surface area contributed by atoms with Gasteiger partial charge in [0.1, 0.15) is 23.5 Å². The number of fused-ring (bicyclic) bond motifs is 1. The lowest BCUT2D eigenvalue weighted by atomic mass is 10.1. The summed E-state index contributed by atoms with van der Waals surface area (Å²) in [5.74, 6) is -1.72. The number of alkyl halides is 3. The molecule has 4 rings (SSSR count). The van der Waals surface area contributed by atoms with E-state index in [9.17, 15) is 22.4 Å². The number of hydrogen-bond acceptors (Lipinski definition) is 4. The largest absolute Gasteiger partial charge is 0.416 e. The Morgan fingerprint density at radius 2 is 2.10 bits per heavy atom. The molecular formula is C20H16ClF4N5O. The third kappa shape index (κ3) is 3.83. The topological polar surface area (TPSA) is 54.3 Å². The van der Waals surface area contributed by atoms with Crippen molar-refractivity contribution in [3.05, 3.63) is 65.0 Å². The van der Waals surface area contributed by atoms with Crippen molar-refractivity contribution >= 4 is 34.8 Å². The number of aromatic nitrogens is 3. The number of rotatable bonds is 3. The Labute approximate surface area is 183 Å². The molecule has 3 heterocycles. The zero-order valence-electron chi connectivity index (χ0n) is 18.9. The summed E-state index contributed by atoms with van der Waals surface area (Å²) in [5.41, 5.74) is -1.12. The van der Waals surface area contributed by atoms with E-state index in [1.807, 2.05) is 0 Å². The summed E-state index contributed by atoms with van der Waals surface area (Å²) in [5, 5.41) is -0.395. The summed E-state index contributed by atoms with van der Waals surface area (Å²) >= 11 is 5.79. The van der Waals surface area contributed by atoms with Crippen LogP contribution in [0.2, 0.25) is 5.02 Å². The van der Waals surface area contributed by atoms with Gasteiger partial charge in [-0.15, -0.1) is 0 Å². The van der Waals surface area contributed by atoms with Crippen molar-refractivity contribution in [2.45, 2.75) is 25.7 Å². The minimum atomic E-state index is -4.67. The fourth-order valence-corrected chi connectivity index (χ4v) is 3.56. The van der Waals surface area contributed by atoms with Crippen LogP contribution in [0.1, 0.15) is 15.4 Å². The van der Waals surface area contributed by atoms with Crippen molar-refractivity contribution in [2.75, 3.05) is 16.8 Å². The maximum atomic E-state index is 13.7. The second kappa shape index (κ2) is 7.52. The third-order valence-electron chi connectivity index (χ3n) is 4.80. The van der Waals surface area contributed by atoms with Crippen molar-refractivity contribution in [3.8, 4) is 0 Å². The van der Waals surface area contributed by atoms with Gasteiger partial charge in [0.25, 0.3) is 5.91 Å². The number of benzene rings is 1. The Balaban J connectivity index is 1.82. The van der Waals surface area contributed by atoms with Crippen LogP contribution in [0.3, 0.4) is 0 Å². The van der Waals surface area contributed by atoms with Crippen LogP contribution in [-0.2, 0) is 17.5 Å². The zero-order valence-corrected chi connectivity index (χ0v) is 16.6. The van der Waals surface area contributed by atoms with Gasteiger partial charge in [0, 0.05) is 22.5 Å². The molecule has 2 aromatic heterocycles. The summed E-state index contributed by atoms with van der Waals surface area (Å²) in [6.07, 6.45) is -1.97. The standard InChI is InChI=1S/C20H16ClF4N5O/c1-11-5-12(20(23,24)25)6-17(27-11)30-16(9-29-10-26-8-18(29)30)19(31)28(2)13-3-4-15(22)14(21)7-13/h3-8,10,16H,9H2,1-2H3/i2D3. The molecule has 1 amide bonds. The molecule has 1 aromatic carbocycles. The number of hydrogen-bond donors (Lipinski definition) is 0. The quantitative estimate of drug-likeness (QED) is 0.541. The number of carbonyl (C=O) groups excluding carboxylic acids is 1. The molecule has 0 saturated carbocycles. The van der Waals surface area contributed by atoms with Crippen molar-refractivity contribution in [1.29, 1.82) is 0 Å². The predicted molar refractivity (Wildman–Crippen MR) is 107 cm³/mol. The minimum absolute atomic E-state index is 0.0481. The van der Waals surface area contributed by atoms with Crippen LogP contribution in [-0.4, -0.2) is 33.5 Å². The van der Waals surface area contributed by atoms with Gasteiger partial charge in [-0.05, 0) is 37.3 Å². The van der Waals surface area contributed by atoms with Crippen molar-refractivity contribution in [1.82, 2.24) is 14.5 Å². The highest BCUT2D eigenvalue weighted by Crippen LogP contribution is 2.38. The molecule has 3 aromatic rings. The summed E-state index contributed by atoms with van der Waals surface area (Å²) in [6, 6.07) is 3.36. The van der Waals surface area contributed by atoms with E-state index in [1.54, 1.807) is 0 Å². The first-order valence-corrected chi connectivity index (χ1v) is 9.29. The van der Waals surface area contributed by atoms with Crippen LogP contribution in [0.4, 0.5) is 34.9 Å². The van der Waals surface area contributed by atoms with E-state index in [0.717, 1.165) is 30.3 Å². The highest BCUT2D eigenvalue weighted by molar-refractivity contribution is 6.31. The fraction of sp³-hybridized carbons (Fsp3) is 0.250. The maximum absolute atomic E-state index is 13.7. The summed E-state index contributed by atoms with van der Waals surface area (Å²) < 4.78 is 79.2. The van der Waals surface area contributed by atoms with Crippen LogP contribution >= 0.6 is 11.6 Å². The van der Waals surface area contributed by atoms with Gasteiger partial charge in [-0.3, -0.25) is 9.69 Å². The van der Waals surface area contributed by atoms with Gasteiger partial charge in [-0.1, -0.05) is 11.6 Å². The second-order valence-corrected chi connectivity index (χ2v) is 7.32. The average Bonchev–Trinajstić information content (AvgIpc) is 3.29. The molecule has 0 fully saturated rings. The molecule has 162 valence electrons. The van der Waals surface area contributed by atoms with E-state index >= 15 is 0 Å². The Kier molecular flexibility index (Phi) is 4.26. The molecule has 0 bridgehead atoms. The Morgan fingerprint density at radius 3 is 2.77 bits per heavy atom. The highest BCUT2D eigenvalue weighted by Gasteiger charge is 2.40. The number of nitrogens with zero attached hydrogens (tertiary/aromatic N) is 5. The first-order chi connectivity index (χ1) is 15.8. The van der Waals surface area contributed by atoms with Crippen LogP contribution < -0.4 is 9.80 Å². The number of anilines is 3. The monoisotopic (exact) mass is 456 g/mol. The van der Waals surface area contributed by atoms with Gasteiger partial charge in [-0.2, -0.15) is 13.2 Å². The van der Waals surface area contributed by atoms with E-state index < -0.39 is 41.5 Å². The molecule has 1 atom stereocenters. The van der Waals surface area contributed by atoms with Crippen molar-refractivity contribution in [2.24, 2.45) is 0 Å². The van der Waals surface area contributed by atoms with Crippen molar-refractivity contribution < 1.29 is 26.5 Å². The van der Waals surface area contributed by atoms with E-state index in [2.05, 4.69) is 9.97 Å². The first kappa shape index (κ1) is 17.5. The third-order valence-corrected chi connectivity index (χ3v) is 5.09. The molecule has 1 aliphatic rings. The van der Waals surface area contributed by atoms with E-state index in [0.29, 0.717) is 4.90 Å². The molecule has 0 radical (unpaired) electrons. The van der Waals surface area contributed by atoms with Crippen LogP contribution in [0.5, 0.6) is 0 Å². The smallest absolute Gasteiger partial charge is 0.315 e. The Morgan fingerprint density at radius 1 is 1.32 bits per heavy atom. The Hall–Kier alpha value is -3.14. The average molecular weight is 457 g/mol. The lowest BCUT2D eigenvalue weighted by molar-refractivity contribution is -0.137. The SMILES string of the molecule is [2H]C([2H])([2H])N(C(=O)C1Cn2cncc2N1c1cc(C(F)(F)F)cc(C)n1)c1ccc(F)c(Cl)c1. The lowest BCUT2D eigenvalue weighted by Gasteiger charge is -2.28. The van der Waals surface area contributed by atoms with Gasteiger partial charge in [0.2, 0.25) is 0 Å². The fourth-order valence-electron chi connectivity index (χ4n) is 3.39. The number of carbonyl (C=O) groups is 1. The highest BCUT2D eigenvalue weighted by atomic mass is 35.5. The zero-order chi connectivity index (χ0) is 25.0. The van der Waals surface area contributed by atoms with Gasteiger partial charge in [-0.25, -0.2) is 14.4 Å². The number of aryl methyl sites for hydroxylation is 1. The number of halogens is 5. The molecule has 0 spiro atoms. The second-order valence-electron chi connectivity index (χ2n) is 6.92. The Bertz CT molecular complexity index is 1260. The molecule has 1 aliphatic heterocycles. The van der Waals surface area contributed by atoms with Crippen molar-refractivity contribution in [3.63, 3.8) is 0 Å². The van der Waals surface area contributed by atoms with Crippen LogP contribution in [0.25, 0.3) is 0 Å². The molecule has 31 heavy (non-hydrogen) atoms. The minimum Gasteiger partial charge on any atom is -0.315 e. The molecule has 0 saturated heterocycles. The molecule has 11 heteroatoms. The number of likely N-dealkylation sites (N-methyl/N-ethyl adjacent to an activating group) is 1. The molecular weight excluding hydrogens is 438 g/mol. The number of imidazole rings is 1. The normalized spacial score (nSPS) is 17.7. The van der Waals surface area contributed by atoms with E-state index in [4.69, 9.17) is 15.7 Å². The summed E-state index contributed by atoms with van der Waals surface area (Å²) in [6.45, 7) is -1.73. The lowest BCUT2D eigenvalue weighted by Crippen LogP contribution is -2.45.